The minimum absolute atomic E-state index is 0.0232. The number of hydrogen-bond acceptors (Lipinski definition) is 5. The van der Waals surface area contributed by atoms with Crippen molar-refractivity contribution in [2.24, 2.45) is 5.92 Å². The van der Waals surface area contributed by atoms with E-state index in [4.69, 9.17) is 0 Å². The van der Waals surface area contributed by atoms with E-state index in [2.05, 4.69) is 30.8 Å². The first-order valence-electron chi connectivity index (χ1n) is 14.4. The predicted octanol–water partition coefficient (Wildman–Crippen LogP) is 3.92. The third-order valence-electron chi connectivity index (χ3n) is 9.98. The number of carbonyl (C=O) groups excluding carboxylic acids is 1. The van der Waals surface area contributed by atoms with E-state index in [1.807, 2.05) is 36.9 Å². The Bertz CT molecular complexity index is 1260. The molecule has 1 aliphatic carbocycles. The van der Waals surface area contributed by atoms with Crippen molar-refractivity contribution in [3.63, 3.8) is 0 Å². The number of fused-ring (bicyclic) bond motifs is 4. The number of likely N-dealkylation sites (tertiary alicyclic amines) is 1. The first-order valence-corrected chi connectivity index (χ1v) is 14.4. The number of aryl methyl sites for hydroxylation is 1. The second-order valence-corrected chi connectivity index (χ2v) is 11.9. The van der Waals surface area contributed by atoms with Gasteiger partial charge in [-0.25, -0.2) is 0 Å². The summed E-state index contributed by atoms with van der Waals surface area (Å²) in [6.45, 7) is 9.33. The molecule has 3 saturated heterocycles. The van der Waals surface area contributed by atoms with Crippen molar-refractivity contribution in [2.45, 2.75) is 102 Å². The molecule has 1 amide bonds. The molecule has 3 aliphatic heterocycles. The van der Waals surface area contributed by atoms with Gasteiger partial charge >= 0.3 is 0 Å². The molecule has 6 atom stereocenters. The second-order valence-electron chi connectivity index (χ2n) is 11.9. The number of nitrogens with one attached hydrogen (secondary N) is 1. The van der Waals surface area contributed by atoms with Gasteiger partial charge in [0.2, 0.25) is 0 Å². The normalized spacial score (nSPS) is 32.2. The number of nitrogens with zero attached hydrogens (tertiary/aromatic N) is 2. The van der Waals surface area contributed by atoms with E-state index in [0.717, 1.165) is 49.0 Å². The summed E-state index contributed by atoms with van der Waals surface area (Å²) in [5.41, 5.74) is 4.05. The lowest BCUT2D eigenvalue weighted by molar-refractivity contribution is 0.0284. The number of rotatable bonds is 2. The lowest BCUT2D eigenvalue weighted by Crippen LogP contribution is -2.57. The lowest BCUT2D eigenvalue weighted by atomic mass is 9.56. The minimum atomic E-state index is -0.354. The van der Waals surface area contributed by atoms with Crippen molar-refractivity contribution in [3.8, 4) is 5.75 Å². The van der Waals surface area contributed by atoms with Crippen LogP contribution < -0.4 is 5.56 Å². The van der Waals surface area contributed by atoms with E-state index in [1.54, 1.807) is 6.07 Å². The molecule has 3 fully saturated rings. The molecule has 4 heterocycles. The molecule has 1 aromatic heterocycles. The summed E-state index contributed by atoms with van der Waals surface area (Å²) in [4.78, 5) is 34.4. The first-order chi connectivity index (χ1) is 18.2. The predicted molar refractivity (Wildman–Crippen MR) is 149 cm³/mol. The van der Waals surface area contributed by atoms with Crippen molar-refractivity contribution in [3.05, 3.63) is 62.6 Å². The topological polar surface area (TPSA) is 96.9 Å². The Morgan fingerprint density at radius 3 is 2.50 bits per heavy atom. The zero-order chi connectivity index (χ0) is 27.4. The molecule has 4 aliphatic rings. The SMILES string of the molecule is CC.Cc1ccc(O)cc1C12CCN(C)C(C)C1Cc1cc(C(=O)N3C4CC[C@H]3CC(O)C4)c(=O)[nH]c1C2. The van der Waals surface area contributed by atoms with Crippen LogP contribution in [0.1, 0.15) is 85.6 Å². The number of aliphatic hydroxyl groups excluding tert-OH is 1. The molecule has 2 aromatic rings. The molecule has 0 radical (unpaired) electrons. The van der Waals surface area contributed by atoms with Crippen LogP contribution in [0.3, 0.4) is 0 Å². The molecule has 0 spiro atoms. The molecule has 7 heteroatoms. The number of benzene rings is 1. The fourth-order valence-electron chi connectivity index (χ4n) is 7.98. The third-order valence-corrected chi connectivity index (χ3v) is 9.98. The average molecular weight is 522 g/mol. The zero-order valence-electron chi connectivity index (χ0n) is 23.5. The largest absolute Gasteiger partial charge is 0.508 e. The molecule has 38 heavy (non-hydrogen) atoms. The second kappa shape index (κ2) is 10.2. The number of amides is 1. The van der Waals surface area contributed by atoms with Crippen molar-refractivity contribution in [1.82, 2.24) is 14.8 Å². The number of carbonyl (C=O) groups is 1. The third kappa shape index (κ3) is 4.28. The Kier molecular flexibility index (Phi) is 7.20. The molecular formula is C31H43N3O4. The fourth-order valence-corrected chi connectivity index (χ4v) is 7.98. The highest BCUT2D eigenvalue weighted by atomic mass is 16.3. The van der Waals surface area contributed by atoms with Crippen LogP contribution in [0.2, 0.25) is 0 Å². The number of phenolic OH excluding ortho intramolecular Hbond substituents is 1. The summed E-state index contributed by atoms with van der Waals surface area (Å²) in [5, 5.41) is 20.5. The van der Waals surface area contributed by atoms with E-state index in [0.29, 0.717) is 31.2 Å². The Balaban J connectivity index is 0.00000144. The van der Waals surface area contributed by atoms with E-state index in [9.17, 15) is 19.8 Å². The van der Waals surface area contributed by atoms with Gasteiger partial charge in [-0.3, -0.25) is 9.59 Å². The Morgan fingerprint density at radius 1 is 1.13 bits per heavy atom. The van der Waals surface area contributed by atoms with Crippen LogP contribution in [0.5, 0.6) is 5.75 Å². The van der Waals surface area contributed by atoms with Gasteiger partial charge in [-0.15, -0.1) is 0 Å². The number of aromatic nitrogens is 1. The molecule has 7 nitrogen and oxygen atoms in total. The standard InChI is InChI=1S/C29H37N3O4.C2H6/c1-16-4-7-21(33)14-24(16)29-8-9-31(3)17(2)25(29)11-18-10-23(27(35)30-26(18)15-29)28(36)32-19-5-6-20(32)13-22(34)12-19;1-2/h4,7,10,14,17,19-20,22,25,33-34H,5-6,8-9,11-13,15H2,1-3H3,(H,30,35);1-2H3/t17?,19-,20?,22?,25?,29?;/m0./s1. The number of phenols is 1. The van der Waals surface area contributed by atoms with Crippen LogP contribution in [0.15, 0.2) is 29.1 Å². The van der Waals surface area contributed by atoms with Gasteiger partial charge in [-0.05, 0) is 113 Å². The van der Waals surface area contributed by atoms with Gasteiger partial charge < -0.3 is 25.0 Å². The first kappa shape index (κ1) is 26.9. The molecule has 206 valence electrons. The molecule has 0 saturated carbocycles. The minimum Gasteiger partial charge on any atom is -0.508 e. The van der Waals surface area contributed by atoms with Crippen molar-refractivity contribution >= 4 is 5.91 Å². The van der Waals surface area contributed by atoms with E-state index in [-0.39, 0.29) is 46.4 Å². The number of aliphatic hydroxyl groups is 1. The van der Waals surface area contributed by atoms with Crippen LogP contribution in [0.4, 0.5) is 0 Å². The van der Waals surface area contributed by atoms with Gasteiger partial charge in [0.25, 0.3) is 11.5 Å². The maximum absolute atomic E-state index is 13.6. The van der Waals surface area contributed by atoms with Crippen LogP contribution in [-0.2, 0) is 18.3 Å². The highest BCUT2D eigenvalue weighted by Gasteiger charge is 2.51. The van der Waals surface area contributed by atoms with Crippen LogP contribution in [0, 0.1) is 12.8 Å². The highest BCUT2D eigenvalue weighted by molar-refractivity contribution is 5.95. The molecule has 6 rings (SSSR count). The van der Waals surface area contributed by atoms with Crippen LogP contribution >= 0.6 is 0 Å². The number of H-pyrrole nitrogens is 1. The van der Waals surface area contributed by atoms with Crippen molar-refractivity contribution in [2.75, 3.05) is 13.6 Å². The van der Waals surface area contributed by atoms with Gasteiger partial charge in [-0.2, -0.15) is 0 Å². The monoisotopic (exact) mass is 521 g/mol. The van der Waals surface area contributed by atoms with Gasteiger partial charge in [0, 0.05) is 29.2 Å². The summed E-state index contributed by atoms with van der Waals surface area (Å²) < 4.78 is 0. The smallest absolute Gasteiger partial charge is 0.261 e. The quantitative estimate of drug-likeness (QED) is 0.557. The molecule has 3 N–H and O–H groups in total. The maximum atomic E-state index is 13.6. The number of pyridine rings is 1. The van der Waals surface area contributed by atoms with Gasteiger partial charge in [0.15, 0.2) is 0 Å². The zero-order valence-corrected chi connectivity index (χ0v) is 23.5. The number of piperidine rings is 2. The van der Waals surface area contributed by atoms with Crippen LogP contribution in [-0.4, -0.2) is 68.7 Å². The van der Waals surface area contributed by atoms with Gasteiger partial charge in [0.1, 0.15) is 11.3 Å². The van der Waals surface area contributed by atoms with E-state index in [1.165, 1.54) is 5.56 Å². The highest BCUT2D eigenvalue weighted by Crippen LogP contribution is 2.51. The summed E-state index contributed by atoms with van der Waals surface area (Å²) in [6.07, 6.45) is 5.06. The number of aromatic amines is 1. The van der Waals surface area contributed by atoms with E-state index >= 15 is 0 Å². The molecule has 1 aromatic carbocycles. The fraction of sp³-hybridized carbons (Fsp3) is 0.613. The van der Waals surface area contributed by atoms with Crippen molar-refractivity contribution < 1.29 is 15.0 Å². The summed E-state index contributed by atoms with van der Waals surface area (Å²) in [5.74, 6) is 0.379. The molecule has 5 unspecified atom stereocenters. The lowest BCUT2D eigenvalue weighted by Gasteiger charge is -2.54. The van der Waals surface area contributed by atoms with Crippen molar-refractivity contribution in [1.29, 1.82) is 0 Å². The van der Waals surface area contributed by atoms with Crippen LogP contribution in [0.25, 0.3) is 0 Å². The Morgan fingerprint density at radius 2 is 1.82 bits per heavy atom. The number of aromatic hydroxyl groups is 1. The van der Waals surface area contributed by atoms with Gasteiger partial charge in [0.05, 0.1) is 6.10 Å². The Labute approximate surface area is 225 Å². The van der Waals surface area contributed by atoms with Gasteiger partial charge in [-0.1, -0.05) is 19.9 Å². The Hall–Kier alpha value is -2.64. The molecular weight excluding hydrogens is 478 g/mol. The average Bonchev–Trinajstić information content (AvgIpc) is 3.18. The maximum Gasteiger partial charge on any atom is 0.261 e. The summed E-state index contributed by atoms with van der Waals surface area (Å²) >= 11 is 0. The molecule has 2 bridgehead atoms. The van der Waals surface area contributed by atoms with E-state index < -0.39 is 0 Å². The summed E-state index contributed by atoms with van der Waals surface area (Å²) in [6, 6.07) is 7.88. The summed E-state index contributed by atoms with van der Waals surface area (Å²) in [7, 11) is 2.17. The number of hydrogen-bond donors (Lipinski definition) is 3.